The van der Waals surface area contributed by atoms with Crippen LogP contribution in [0.4, 0.5) is 5.69 Å². The minimum Gasteiger partial charge on any atom is -0.389 e. The molecule has 0 aliphatic carbocycles. The summed E-state index contributed by atoms with van der Waals surface area (Å²) in [5.74, 6) is 0. The van der Waals surface area contributed by atoms with Crippen LogP contribution in [0, 0.1) is 0 Å². The molecule has 0 spiro atoms. The van der Waals surface area contributed by atoms with E-state index in [1.54, 1.807) is 0 Å². The highest BCUT2D eigenvalue weighted by Gasteiger charge is 2.24. The molecule has 130 valence electrons. The molecule has 1 aliphatic rings. The van der Waals surface area contributed by atoms with E-state index in [0.717, 1.165) is 32.5 Å². The van der Waals surface area contributed by atoms with Gasteiger partial charge >= 0.3 is 0 Å². The summed E-state index contributed by atoms with van der Waals surface area (Å²) < 4.78 is 5.84. The van der Waals surface area contributed by atoms with Gasteiger partial charge < -0.3 is 20.1 Å². The van der Waals surface area contributed by atoms with E-state index >= 15 is 0 Å². The molecular formula is C19H32N2O2. The van der Waals surface area contributed by atoms with Gasteiger partial charge in [0.25, 0.3) is 0 Å². The summed E-state index contributed by atoms with van der Waals surface area (Å²) in [6.07, 6.45) is 2.06. The number of hydrogen-bond acceptors (Lipinski definition) is 4. The molecule has 2 N–H and O–H groups in total. The molecule has 4 heteroatoms. The average molecular weight is 320 g/mol. The summed E-state index contributed by atoms with van der Waals surface area (Å²) in [5.41, 5.74) is 1.96. The zero-order chi connectivity index (χ0) is 16.9. The third-order valence-corrected chi connectivity index (χ3v) is 4.84. The molecule has 2 rings (SSSR count). The largest absolute Gasteiger partial charge is 0.389 e. The Kier molecular flexibility index (Phi) is 6.45. The predicted molar refractivity (Wildman–Crippen MR) is 95.9 cm³/mol. The minimum atomic E-state index is -0.600. The Hall–Kier alpha value is -1.10. The Bertz CT molecular complexity index is 478. The number of nitrogens with one attached hydrogen (secondary N) is 1. The van der Waals surface area contributed by atoms with Gasteiger partial charge in [0.1, 0.15) is 0 Å². The standard InChI is InChI=1S/C19H32N2O2/c1-5-19(22,6-2)14-20-11-17-9-7-8-10-18(17)21-12-15(3)23-16(4)13-21/h7-10,15-16,20,22H,5-6,11-14H2,1-4H3. The molecular weight excluding hydrogens is 288 g/mol. The van der Waals surface area contributed by atoms with Crippen LogP contribution in [0.25, 0.3) is 0 Å². The van der Waals surface area contributed by atoms with Crippen LogP contribution in [0.1, 0.15) is 46.1 Å². The molecule has 0 bridgehead atoms. The van der Waals surface area contributed by atoms with E-state index in [1.807, 2.05) is 13.8 Å². The van der Waals surface area contributed by atoms with Crippen LogP contribution in [0.3, 0.4) is 0 Å². The van der Waals surface area contributed by atoms with Crippen molar-refractivity contribution in [2.45, 2.75) is 64.9 Å². The second-order valence-corrected chi connectivity index (χ2v) is 6.83. The smallest absolute Gasteiger partial charge is 0.0766 e. The molecule has 1 saturated heterocycles. The highest BCUT2D eigenvalue weighted by Crippen LogP contribution is 2.24. The normalized spacial score (nSPS) is 22.4. The van der Waals surface area contributed by atoms with Crippen LogP contribution in [-0.2, 0) is 11.3 Å². The van der Waals surface area contributed by atoms with E-state index in [4.69, 9.17) is 4.74 Å². The maximum absolute atomic E-state index is 10.4. The molecule has 2 atom stereocenters. The van der Waals surface area contributed by atoms with E-state index in [9.17, 15) is 5.11 Å². The Balaban J connectivity index is 2.03. The van der Waals surface area contributed by atoms with Crippen molar-refractivity contribution in [1.29, 1.82) is 0 Å². The first-order chi connectivity index (χ1) is 11.0. The van der Waals surface area contributed by atoms with Gasteiger partial charge in [0.05, 0.1) is 17.8 Å². The number of ether oxygens (including phenoxy) is 1. The molecule has 0 saturated carbocycles. The van der Waals surface area contributed by atoms with Crippen molar-refractivity contribution in [2.75, 3.05) is 24.5 Å². The zero-order valence-corrected chi connectivity index (χ0v) is 15.0. The summed E-state index contributed by atoms with van der Waals surface area (Å²) >= 11 is 0. The second-order valence-electron chi connectivity index (χ2n) is 6.83. The van der Waals surface area contributed by atoms with Crippen molar-refractivity contribution in [1.82, 2.24) is 5.32 Å². The van der Waals surface area contributed by atoms with E-state index < -0.39 is 5.60 Å². The molecule has 1 aromatic carbocycles. The van der Waals surface area contributed by atoms with Crippen LogP contribution in [-0.4, -0.2) is 42.5 Å². The van der Waals surface area contributed by atoms with Gasteiger partial charge in [-0.05, 0) is 38.3 Å². The highest BCUT2D eigenvalue weighted by molar-refractivity contribution is 5.54. The lowest BCUT2D eigenvalue weighted by Gasteiger charge is -2.38. The number of rotatable bonds is 7. The lowest BCUT2D eigenvalue weighted by molar-refractivity contribution is -0.00526. The first kappa shape index (κ1) is 18.2. The number of aliphatic hydroxyl groups is 1. The maximum Gasteiger partial charge on any atom is 0.0766 e. The molecule has 1 heterocycles. The monoisotopic (exact) mass is 320 g/mol. The van der Waals surface area contributed by atoms with Gasteiger partial charge in [-0.3, -0.25) is 0 Å². The molecule has 1 aromatic rings. The Morgan fingerprint density at radius 1 is 1.17 bits per heavy atom. The number of nitrogens with zero attached hydrogens (tertiary/aromatic N) is 1. The number of morpholine rings is 1. The minimum absolute atomic E-state index is 0.255. The Morgan fingerprint density at radius 2 is 1.78 bits per heavy atom. The zero-order valence-electron chi connectivity index (χ0n) is 15.0. The summed E-state index contributed by atoms with van der Waals surface area (Å²) in [6.45, 7) is 11.6. The van der Waals surface area contributed by atoms with Crippen LogP contribution in [0.5, 0.6) is 0 Å². The van der Waals surface area contributed by atoms with Gasteiger partial charge in [0.2, 0.25) is 0 Å². The van der Waals surface area contributed by atoms with Gasteiger partial charge in [-0.25, -0.2) is 0 Å². The van der Waals surface area contributed by atoms with Crippen molar-refractivity contribution in [3.8, 4) is 0 Å². The number of hydrogen-bond donors (Lipinski definition) is 2. The van der Waals surface area contributed by atoms with Gasteiger partial charge in [-0.1, -0.05) is 32.0 Å². The van der Waals surface area contributed by atoms with Gasteiger partial charge in [-0.2, -0.15) is 0 Å². The summed E-state index contributed by atoms with van der Waals surface area (Å²) in [5, 5.41) is 13.8. The van der Waals surface area contributed by atoms with Crippen LogP contribution in [0.15, 0.2) is 24.3 Å². The van der Waals surface area contributed by atoms with Crippen LogP contribution < -0.4 is 10.2 Å². The maximum atomic E-state index is 10.4. The fourth-order valence-corrected chi connectivity index (χ4v) is 3.27. The van der Waals surface area contributed by atoms with Crippen molar-refractivity contribution in [3.05, 3.63) is 29.8 Å². The first-order valence-electron chi connectivity index (χ1n) is 8.89. The third-order valence-electron chi connectivity index (χ3n) is 4.84. The Morgan fingerprint density at radius 3 is 2.39 bits per heavy atom. The molecule has 23 heavy (non-hydrogen) atoms. The highest BCUT2D eigenvalue weighted by atomic mass is 16.5. The SMILES string of the molecule is CCC(O)(CC)CNCc1ccccc1N1CC(C)OC(C)C1. The predicted octanol–water partition coefficient (Wildman–Crippen LogP) is 2.94. The van der Waals surface area contributed by atoms with E-state index in [1.165, 1.54) is 11.3 Å². The molecule has 2 unspecified atom stereocenters. The lowest BCUT2D eigenvalue weighted by atomic mass is 9.97. The summed E-state index contributed by atoms with van der Waals surface area (Å²) in [6, 6.07) is 8.54. The van der Waals surface area contributed by atoms with Gasteiger partial charge in [0.15, 0.2) is 0 Å². The topological polar surface area (TPSA) is 44.7 Å². The first-order valence-corrected chi connectivity index (χ1v) is 8.89. The van der Waals surface area contributed by atoms with E-state index in [2.05, 4.69) is 48.3 Å². The molecule has 1 fully saturated rings. The van der Waals surface area contributed by atoms with E-state index in [-0.39, 0.29) is 12.2 Å². The molecule has 1 aliphatic heterocycles. The fraction of sp³-hybridized carbons (Fsp3) is 0.684. The molecule has 0 aromatic heterocycles. The molecule has 4 nitrogen and oxygen atoms in total. The summed E-state index contributed by atoms with van der Waals surface area (Å²) in [4.78, 5) is 2.42. The quantitative estimate of drug-likeness (QED) is 0.811. The molecule has 0 radical (unpaired) electrons. The number of para-hydroxylation sites is 1. The van der Waals surface area contributed by atoms with Crippen molar-refractivity contribution < 1.29 is 9.84 Å². The number of anilines is 1. The van der Waals surface area contributed by atoms with Gasteiger partial charge in [0, 0.05) is 31.9 Å². The van der Waals surface area contributed by atoms with Crippen molar-refractivity contribution >= 4 is 5.69 Å². The average Bonchev–Trinajstić information content (AvgIpc) is 2.54. The van der Waals surface area contributed by atoms with E-state index in [0.29, 0.717) is 6.54 Å². The van der Waals surface area contributed by atoms with Crippen molar-refractivity contribution in [2.24, 2.45) is 0 Å². The van der Waals surface area contributed by atoms with Crippen molar-refractivity contribution in [3.63, 3.8) is 0 Å². The fourth-order valence-electron chi connectivity index (χ4n) is 3.27. The lowest BCUT2D eigenvalue weighted by Crippen LogP contribution is -2.46. The number of benzene rings is 1. The van der Waals surface area contributed by atoms with Crippen LogP contribution in [0.2, 0.25) is 0 Å². The van der Waals surface area contributed by atoms with Crippen LogP contribution >= 0.6 is 0 Å². The third kappa shape index (κ3) is 4.93. The molecule has 0 amide bonds. The van der Waals surface area contributed by atoms with Gasteiger partial charge in [-0.15, -0.1) is 0 Å². The Labute approximate surface area is 140 Å². The second kappa shape index (κ2) is 8.13. The summed E-state index contributed by atoms with van der Waals surface area (Å²) in [7, 11) is 0.